The van der Waals surface area contributed by atoms with Crippen LogP contribution >= 0.6 is 0 Å². The Morgan fingerprint density at radius 2 is 1.80 bits per heavy atom. The monoisotopic (exact) mass is 439 g/mol. The van der Waals surface area contributed by atoms with Crippen molar-refractivity contribution in [1.82, 2.24) is 20.5 Å². The van der Waals surface area contributed by atoms with Gasteiger partial charge in [0.05, 0.1) is 11.3 Å². The largest absolute Gasteiger partial charge is 0.426 e. The lowest BCUT2D eigenvalue weighted by molar-refractivity contribution is -0.277. The Morgan fingerprint density at radius 1 is 1.10 bits per heavy atom. The van der Waals surface area contributed by atoms with Crippen LogP contribution in [-0.4, -0.2) is 38.9 Å². The summed E-state index contributed by atoms with van der Waals surface area (Å²) in [6.45, 7) is -0.111. The van der Waals surface area contributed by atoms with E-state index in [0.29, 0.717) is 6.07 Å². The molecule has 0 radical (unpaired) electrons. The van der Waals surface area contributed by atoms with E-state index in [1.165, 1.54) is 0 Å². The van der Waals surface area contributed by atoms with Gasteiger partial charge in [0.2, 0.25) is 5.60 Å². The van der Waals surface area contributed by atoms with Crippen LogP contribution in [0.25, 0.3) is 11.6 Å². The van der Waals surface area contributed by atoms with Crippen molar-refractivity contribution in [3.8, 4) is 11.6 Å². The van der Waals surface area contributed by atoms with Gasteiger partial charge in [-0.15, -0.1) is 10.2 Å². The van der Waals surface area contributed by atoms with E-state index in [0.717, 1.165) is 0 Å². The molecule has 4 N–H and O–H groups in total. The molecule has 1 aliphatic rings. The number of aromatic nitrogens is 3. The number of anilines is 1. The maximum atomic E-state index is 13.5. The molecule has 0 aliphatic carbocycles. The molecule has 0 spiro atoms. The molecule has 1 atom stereocenters. The third-order valence-corrected chi connectivity index (χ3v) is 4.52. The van der Waals surface area contributed by atoms with Gasteiger partial charge in [-0.25, -0.2) is 4.98 Å². The van der Waals surface area contributed by atoms with E-state index in [1.807, 2.05) is 0 Å². The van der Waals surface area contributed by atoms with E-state index < -0.39 is 64.7 Å². The Kier molecular flexibility index (Phi) is 5.39. The molecule has 0 fully saturated rings. The number of aliphatic hydroxyl groups is 1. The number of alkyl halides is 6. The second kappa shape index (κ2) is 7.41. The summed E-state index contributed by atoms with van der Waals surface area (Å²) in [4.78, 5) is 15.8. The maximum absolute atomic E-state index is 13.5. The third kappa shape index (κ3) is 3.91. The summed E-state index contributed by atoms with van der Waals surface area (Å²) in [5, 5.41) is 19.0. The van der Waals surface area contributed by atoms with Gasteiger partial charge >= 0.3 is 12.4 Å². The maximum Gasteiger partial charge on any atom is 0.426 e. The average Bonchev–Trinajstić information content (AvgIpc) is 3.11. The van der Waals surface area contributed by atoms with Crippen molar-refractivity contribution >= 4 is 11.6 Å². The first-order valence-corrected chi connectivity index (χ1v) is 8.64. The molecule has 164 valence electrons. The summed E-state index contributed by atoms with van der Waals surface area (Å²) in [6, 6.07) is 0.406. The molecule has 14 heteroatoms. The van der Waals surface area contributed by atoms with Crippen LogP contribution in [-0.2, 0) is 11.8 Å². The topological polar surface area (TPSA) is 127 Å². The van der Waals surface area contributed by atoms with Crippen LogP contribution in [0.3, 0.4) is 0 Å². The van der Waals surface area contributed by atoms with E-state index in [1.54, 1.807) is 0 Å². The van der Waals surface area contributed by atoms with E-state index in [4.69, 9.17) is 10.2 Å². The van der Waals surface area contributed by atoms with E-state index in [-0.39, 0.29) is 25.8 Å². The molecule has 2 aromatic rings. The Balaban J connectivity index is 2.20. The lowest BCUT2D eigenvalue weighted by Crippen LogP contribution is -2.42. The summed E-state index contributed by atoms with van der Waals surface area (Å²) in [7, 11) is 0. The van der Waals surface area contributed by atoms with Gasteiger partial charge in [-0.05, 0) is 25.3 Å². The van der Waals surface area contributed by atoms with E-state index in [2.05, 4.69) is 20.5 Å². The van der Waals surface area contributed by atoms with Crippen molar-refractivity contribution in [3.63, 3.8) is 0 Å². The van der Waals surface area contributed by atoms with Crippen molar-refractivity contribution in [2.45, 2.75) is 43.6 Å². The number of nitrogens with zero attached hydrogens (tertiary/aromatic N) is 3. The molecule has 1 aliphatic heterocycles. The lowest BCUT2D eigenvalue weighted by atomic mass is 9.95. The molecule has 2 aromatic heterocycles. The number of carbonyl (C=O) groups excluding carboxylic acids is 1. The number of halogens is 6. The summed E-state index contributed by atoms with van der Waals surface area (Å²) < 4.78 is 85.4. The zero-order valence-electron chi connectivity index (χ0n) is 15.1. The molecule has 3 rings (SSSR count). The van der Waals surface area contributed by atoms with Gasteiger partial charge in [0.25, 0.3) is 17.7 Å². The Labute approximate surface area is 164 Å². The summed E-state index contributed by atoms with van der Waals surface area (Å²) in [5.41, 5.74) is -1.65. The zero-order chi connectivity index (χ0) is 22.3. The zero-order valence-corrected chi connectivity index (χ0v) is 15.1. The molecule has 1 amide bonds. The van der Waals surface area contributed by atoms with Crippen LogP contribution in [0.5, 0.6) is 0 Å². The number of hydrogen-bond donors (Lipinski definition) is 3. The fourth-order valence-electron chi connectivity index (χ4n) is 2.91. The van der Waals surface area contributed by atoms with E-state index in [9.17, 15) is 36.2 Å². The van der Waals surface area contributed by atoms with Crippen molar-refractivity contribution in [2.75, 3.05) is 12.3 Å². The van der Waals surface area contributed by atoms with Gasteiger partial charge in [-0.1, -0.05) is 6.42 Å². The average molecular weight is 439 g/mol. The second-order valence-corrected chi connectivity index (χ2v) is 6.66. The standard InChI is InChI=1S/C16H15F6N5O3/c17-15(18,19)7-6-8(23)10-12-26-27-13(30-12)14(29,16(20,21)22)4-2-1-3-5-24-11(28)9(7)25-10/h6,29H,1-5,23H2,(H,24,28)/t14-/m1/s1. The van der Waals surface area contributed by atoms with Crippen LogP contribution < -0.4 is 11.1 Å². The predicted molar refractivity (Wildman–Crippen MR) is 87.7 cm³/mol. The highest BCUT2D eigenvalue weighted by molar-refractivity contribution is 5.95. The molecule has 8 nitrogen and oxygen atoms in total. The SMILES string of the molecule is Nc1cc(C(F)(F)F)c2nc1-c1nnc(o1)[C@@](O)(C(F)(F)F)CCCCCNC2=O. The van der Waals surface area contributed by atoms with Crippen molar-refractivity contribution < 1.29 is 40.7 Å². The number of rotatable bonds is 0. The van der Waals surface area contributed by atoms with E-state index >= 15 is 0 Å². The highest BCUT2D eigenvalue weighted by Crippen LogP contribution is 2.43. The first kappa shape index (κ1) is 21.8. The fourth-order valence-corrected chi connectivity index (χ4v) is 2.91. The molecular weight excluding hydrogens is 424 g/mol. The summed E-state index contributed by atoms with van der Waals surface area (Å²) in [5.74, 6) is -3.12. The Hall–Kier alpha value is -2.90. The quantitative estimate of drug-likeness (QED) is 0.539. The van der Waals surface area contributed by atoms with Crippen molar-refractivity contribution in [2.24, 2.45) is 0 Å². The van der Waals surface area contributed by atoms with Gasteiger partial charge in [-0.3, -0.25) is 4.79 Å². The fraction of sp³-hybridized carbons (Fsp3) is 0.500. The van der Waals surface area contributed by atoms with Crippen LogP contribution in [0.1, 0.15) is 47.6 Å². The van der Waals surface area contributed by atoms with Gasteiger partial charge in [0.1, 0.15) is 5.69 Å². The number of carbonyl (C=O) groups is 1. The minimum absolute atomic E-state index is 0.111. The predicted octanol–water partition coefficient (Wildman–Crippen LogP) is 2.79. The number of nitrogens with two attached hydrogens (primary N) is 1. The Bertz CT molecular complexity index is 958. The highest BCUT2D eigenvalue weighted by atomic mass is 19.4. The minimum atomic E-state index is -5.16. The third-order valence-electron chi connectivity index (χ3n) is 4.52. The summed E-state index contributed by atoms with van der Waals surface area (Å²) in [6.07, 6.45) is -10.8. The highest BCUT2D eigenvalue weighted by Gasteiger charge is 2.58. The smallest absolute Gasteiger partial charge is 0.416 e. The second-order valence-electron chi connectivity index (χ2n) is 6.66. The van der Waals surface area contributed by atoms with Crippen LogP contribution in [0, 0.1) is 0 Å². The molecule has 0 unspecified atom stereocenters. The first-order chi connectivity index (χ1) is 13.8. The molecule has 30 heavy (non-hydrogen) atoms. The number of pyridine rings is 1. The molecule has 0 saturated heterocycles. The summed E-state index contributed by atoms with van der Waals surface area (Å²) >= 11 is 0. The Morgan fingerprint density at radius 3 is 2.43 bits per heavy atom. The van der Waals surface area contributed by atoms with Gasteiger partial charge in [0.15, 0.2) is 5.69 Å². The van der Waals surface area contributed by atoms with Crippen LogP contribution in [0.15, 0.2) is 10.5 Å². The van der Waals surface area contributed by atoms with Crippen molar-refractivity contribution in [1.29, 1.82) is 0 Å². The van der Waals surface area contributed by atoms with Gasteiger partial charge in [-0.2, -0.15) is 26.3 Å². The number of hydrogen-bond acceptors (Lipinski definition) is 7. The van der Waals surface area contributed by atoms with Gasteiger partial charge < -0.3 is 20.6 Å². The van der Waals surface area contributed by atoms with Crippen molar-refractivity contribution in [3.05, 3.63) is 23.2 Å². The number of nitrogen functional groups attached to an aromatic ring is 1. The number of amides is 1. The lowest BCUT2D eigenvalue weighted by Gasteiger charge is -2.27. The molecule has 3 heterocycles. The number of fused-ring (bicyclic) bond motifs is 5. The van der Waals surface area contributed by atoms with Crippen LogP contribution in [0.2, 0.25) is 0 Å². The minimum Gasteiger partial charge on any atom is -0.416 e. The molecular formula is C16H15F6N5O3. The first-order valence-electron chi connectivity index (χ1n) is 8.64. The van der Waals surface area contributed by atoms with Crippen LogP contribution in [0.4, 0.5) is 32.0 Å². The normalized spacial score (nSPS) is 21.1. The number of nitrogens with one attached hydrogen (secondary N) is 1. The van der Waals surface area contributed by atoms with Gasteiger partial charge in [0, 0.05) is 6.54 Å². The molecule has 4 bridgehead atoms. The molecule has 0 aromatic carbocycles. The molecule has 0 saturated carbocycles.